The lowest BCUT2D eigenvalue weighted by atomic mass is 10.3. The summed E-state index contributed by atoms with van der Waals surface area (Å²) >= 11 is 3.44. The van der Waals surface area contributed by atoms with Gasteiger partial charge in [-0.25, -0.2) is 4.98 Å². The highest BCUT2D eigenvalue weighted by Crippen LogP contribution is 2.18. The van der Waals surface area contributed by atoms with E-state index in [9.17, 15) is 0 Å². The zero-order chi connectivity index (χ0) is 9.84. The van der Waals surface area contributed by atoms with Crippen molar-refractivity contribution in [1.29, 1.82) is 0 Å². The van der Waals surface area contributed by atoms with E-state index in [1.165, 1.54) is 0 Å². The highest BCUT2D eigenvalue weighted by Gasteiger charge is 2.02. The molecule has 1 aromatic heterocycles. The minimum absolute atomic E-state index is 1.04. The Bertz CT molecular complexity index is 286. The monoisotopic (exact) mass is 242 g/mol. The Labute approximate surface area is 88.1 Å². The van der Waals surface area contributed by atoms with Gasteiger partial charge in [0.2, 0.25) is 0 Å². The Morgan fingerprint density at radius 3 is 2.69 bits per heavy atom. The molecule has 0 unspecified atom stereocenters. The number of anilines is 1. The zero-order valence-corrected chi connectivity index (χ0v) is 9.93. The average Bonchev–Trinajstić information content (AvgIpc) is 2.10. The molecule has 3 heteroatoms. The molecule has 0 bridgehead atoms. The number of pyridine rings is 1. The summed E-state index contributed by atoms with van der Waals surface area (Å²) < 4.78 is 1.07. The van der Waals surface area contributed by atoms with Crippen LogP contribution in [0.4, 0.5) is 5.82 Å². The third kappa shape index (κ3) is 2.69. The van der Waals surface area contributed by atoms with E-state index in [2.05, 4.69) is 39.8 Å². The van der Waals surface area contributed by atoms with Crippen molar-refractivity contribution in [3.05, 3.63) is 22.3 Å². The van der Waals surface area contributed by atoms with Crippen LogP contribution in [0.2, 0.25) is 0 Å². The Balaban J connectivity index is 2.84. The molecule has 0 aliphatic rings. The predicted octanol–water partition coefficient (Wildman–Crippen LogP) is 3.00. The Hall–Kier alpha value is -0.570. The molecule has 0 aliphatic heterocycles. The van der Waals surface area contributed by atoms with E-state index in [0.717, 1.165) is 29.0 Å². The van der Waals surface area contributed by atoms with Gasteiger partial charge in [0.1, 0.15) is 5.82 Å². The maximum atomic E-state index is 4.47. The Kier molecular flexibility index (Phi) is 3.72. The summed E-state index contributed by atoms with van der Waals surface area (Å²) in [5.74, 6) is 1.04. The van der Waals surface area contributed by atoms with Gasteiger partial charge >= 0.3 is 0 Å². The molecule has 0 amide bonds. The summed E-state index contributed by atoms with van der Waals surface area (Å²) in [4.78, 5) is 6.64. The van der Waals surface area contributed by atoms with Crippen molar-refractivity contribution in [2.24, 2.45) is 0 Å². The molecule has 0 atom stereocenters. The lowest BCUT2D eigenvalue weighted by Crippen LogP contribution is -2.19. The number of hydrogen-bond acceptors (Lipinski definition) is 2. The molecule has 13 heavy (non-hydrogen) atoms. The Morgan fingerprint density at radius 1 is 1.46 bits per heavy atom. The maximum absolute atomic E-state index is 4.47. The smallest absolute Gasteiger partial charge is 0.128 e. The van der Waals surface area contributed by atoms with E-state index in [1.807, 2.05) is 19.1 Å². The zero-order valence-electron chi connectivity index (χ0n) is 8.34. The molecule has 0 aliphatic carbocycles. The van der Waals surface area contributed by atoms with Crippen LogP contribution in [-0.4, -0.2) is 18.6 Å². The Morgan fingerprint density at radius 2 is 2.15 bits per heavy atom. The van der Waals surface area contributed by atoms with Crippen molar-refractivity contribution < 1.29 is 0 Å². The third-order valence-corrected chi connectivity index (χ3v) is 2.79. The largest absolute Gasteiger partial charge is 0.360 e. The van der Waals surface area contributed by atoms with Gasteiger partial charge in [0.15, 0.2) is 0 Å². The fourth-order valence-corrected chi connectivity index (χ4v) is 1.41. The van der Waals surface area contributed by atoms with E-state index >= 15 is 0 Å². The molecule has 1 heterocycles. The standard InChI is InChI=1S/C10H15BrN2/c1-4-7-13(3)10-6-5-9(11)8(2)12-10/h5-6H,4,7H2,1-3H3. The first kappa shape index (κ1) is 10.5. The third-order valence-electron chi connectivity index (χ3n) is 1.96. The molecule has 0 spiro atoms. The summed E-state index contributed by atoms with van der Waals surface area (Å²) in [6, 6.07) is 4.08. The molecule has 2 nitrogen and oxygen atoms in total. The summed E-state index contributed by atoms with van der Waals surface area (Å²) in [6.45, 7) is 5.23. The van der Waals surface area contributed by atoms with Crippen LogP contribution in [0.1, 0.15) is 19.0 Å². The number of aryl methyl sites for hydroxylation is 1. The first-order chi connectivity index (χ1) is 6.15. The van der Waals surface area contributed by atoms with Crippen molar-refractivity contribution >= 4 is 21.7 Å². The molecular weight excluding hydrogens is 228 g/mol. The van der Waals surface area contributed by atoms with Gasteiger partial charge in [0.05, 0.1) is 5.69 Å². The van der Waals surface area contributed by atoms with Crippen molar-refractivity contribution in [3.63, 3.8) is 0 Å². The quantitative estimate of drug-likeness (QED) is 0.811. The lowest BCUT2D eigenvalue weighted by Gasteiger charge is -2.17. The summed E-state index contributed by atoms with van der Waals surface area (Å²) in [7, 11) is 2.07. The van der Waals surface area contributed by atoms with Gasteiger partial charge in [-0.2, -0.15) is 0 Å². The number of hydrogen-bond donors (Lipinski definition) is 0. The molecular formula is C10H15BrN2. The highest BCUT2D eigenvalue weighted by atomic mass is 79.9. The van der Waals surface area contributed by atoms with E-state index < -0.39 is 0 Å². The second-order valence-corrected chi connectivity index (χ2v) is 4.01. The first-order valence-electron chi connectivity index (χ1n) is 4.49. The molecule has 0 aromatic carbocycles. The molecule has 0 saturated carbocycles. The molecule has 0 radical (unpaired) electrons. The van der Waals surface area contributed by atoms with Crippen LogP contribution in [0.15, 0.2) is 16.6 Å². The van der Waals surface area contributed by atoms with Gasteiger partial charge in [0, 0.05) is 18.1 Å². The topological polar surface area (TPSA) is 16.1 Å². The normalized spacial score (nSPS) is 10.2. The van der Waals surface area contributed by atoms with Crippen molar-refractivity contribution in [1.82, 2.24) is 4.98 Å². The van der Waals surface area contributed by atoms with Crippen LogP contribution >= 0.6 is 15.9 Å². The number of nitrogens with zero attached hydrogens (tertiary/aromatic N) is 2. The summed E-state index contributed by atoms with van der Waals surface area (Å²) in [6.07, 6.45) is 1.15. The minimum atomic E-state index is 1.04. The molecule has 72 valence electrons. The van der Waals surface area contributed by atoms with Crippen LogP contribution in [0.5, 0.6) is 0 Å². The fourth-order valence-electron chi connectivity index (χ4n) is 1.19. The number of aromatic nitrogens is 1. The predicted molar refractivity (Wildman–Crippen MR) is 60.2 cm³/mol. The second kappa shape index (κ2) is 4.61. The van der Waals surface area contributed by atoms with Crippen molar-refractivity contribution in [3.8, 4) is 0 Å². The number of rotatable bonds is 3. The van der Waals surface area contributed by atoms with Gasteiger partial charge in [0.25, 0.3) is 0 Å². The number of halogens is 1. The highest BCUT2D eigenvalue weighted by molar-refractivity contribution is 9.10. The molecule has 0 N–H and O–H groups in total. The van der Waals surface area contributed by atoms with Gasteiger partial charge < -0.3 is 4.90 Å². The van der Waals surface area contributed by atoms with Gasteiger partial charge in [-0.3, -0.25) is 0 Å². The molecule has 1 rings (SSSR count). The van der Waals surface area contributed by atoms with Gasteiger partial charge in [-0.05, 0) is 41.4 Å². The van der Waals surface area contributed by atoms with Gasteiger partial charge in [-0.1, -0.05) is 6.92 Å². The van der Waals surface area contributed by atoms with Crippen LogP contribution in [0, 0.1) is 6.92 Å². The van der Waals surface area contributed by atoms with E-state index in [0.29, 0.717) is 0 Å². The van der Waals surface area contributed by atoms with Gasteiger partial charge in [-0.15, -0.1) is 0 Å². The molecule has 0 fully saturated rings. The van der Waals surface area contributed by atoms with E-state index in [4.69, 9.17) is 0 Å². The fraction of sp³-hybridized carbons (Fsp3) is 0.500. The SMILES string of the molecule is CCCN(C)c1ccc(Br)c(C)n1. The van der Waals surface area contributed by atoms with Crippen LogP contribution in [0.25, 0.3) is 0 Å². The van der Waals surface area contributed by atoms with E-state index in [-0.39, 0.29) is 0 Å². The van der Waals surface area contributed by atoms with Crippen LogP contribution < -0.4 is 4.90 Å². The van der Waals surface area contributed by atoms with Crippen LogP contribution in [0.3, 0.4) is 0 Å². The maximum Gasteiger partial charge on any atom is 0.128 e. The molecule has 1 aromatic rings. The average molecular weight is 243 g/mol. The van der Waals surface area contributed by atoms with Crippen LogP contribution in [-0.2, 0) is 0 Å². The molecule has 0 saturated heterocycles. The van der Waals surface area contributed by atoms with Crippen molar-refractivity contribution in [2.45, 2.75) is 20.3 Å². The van der Waals surface area contributed by atoms with E-state index in [1.54, 1.807) is 0 Å². The summed E-state index contributed by atoms with van der Waals surface area (Å²) in [5.41, 5.74) is 1.04. The van der Waals surface area contributed by atoms with Crippen molar-refractivity contribution in [2.75, 3.05) is 18.5 Å². The minimum Gasteiger partial charge on any atom is -0.360 e. The first-order valence-corrected chi connectivity index (χ1v) is 5.28. The second-order valence-electron chi connectivity index (χ2n) is 3.16. The summed E-state index contributed by atoms with van der Waals surface area (Å²) in [5, 5.41) is 0. The lowest BCUT2D eigenvalue weighted by molar-refractivity contribution is 0.834.